The monoisotopic (exact) mass is 532 g/mol. The molecule has 37 heavy (non-hydrogen) atoms. The van der Waals surface area contributed by atoms with Crippen LogP contribution in [0.3, 0.4) is 0 Å². The minimum atomic E-state index is -0.197. The summed E-state index contributed by atoms with van der Waals surface area (Å²) in [5.41, 5.74) is 6.11. The zero-order valence-corrected chi connectivity index (χ0v) is 22.4. The number of aryl methyl sites for hydroxylation is 1. The fourth-order valence-electron chi connectivity index (χ4n) is 4.20. The zero-order valence-electron chi connectivity index (χ0n) is 20.9. The third kappa shape index (κ3) is 6.34. The van der Waals surface area contributed by atoms with Crippen molar-refractivity contribution in [2.45, 2.75) is 13.5 Å². The number of likely N-dealkylation sites (N-methyl/N-ethyl adjacent to an activating group) is 1. The van der Waals surface area contributed by atoms with Gasteiger partial charge in [0.05, 0.1) is 5.69 Å². The standard InChI is InChI=1S/C28H29ClN6OS/c1-19-3-6-23(16-25(19)32-28-33-26(18-37-28)20-7-9-30-10-8-20)31-27(36)21-4-5-22(24(29)15-21)17-35-13-11-34(2)12-14-35/h3-10,15-16,18H,11-14,17H2,1-2H3,(H,31,36)(H,32,33). The second-order valence-corrected chi connectivity index (χ2v) is 10.5. The van der Waals surface area contributed by atoms with Crippen molar-refractivity contribution < 1.29 is 4.79 Å². The molecule has 0 aliphatic carbocycles. The van der Waals surface area contributed by atoms with E-state index in [0.717, 1.165) is 65.9 Å². The summed E-state index contributed by atoms with van der Waals surface area (Å²) < 4.78 is 0. The van der Waals surface area contributed by atoms with Crippen LogP contribution in [0.15, 0.2) is 66.3 Å². The molecule has 9 heteroatoms. The Labute approximate surface area is 226 Å². The molecule has 0 bridgehead atoms. The highest BCUT2D eigenvalue weighted by atomic mass is 35.5. The van der Waals surface area contributed by atoms with Crippen LogP contribution in [0.2, 0.25) is 5.02 Å². The van der Waals surface area contributed by atoms with Gasteiger partial charge in [-0.2, -0.15) is 0 Å². The summed E-state index contributed by atoms with van der Waals surface area (Å²) in [4.78, 5) is 26.5. The number of nitrogens with one attached hydrogen (secondary N) is 2. The number of halogens is 1. The van der Waals surface area contributed by atoms with Crippen LogP contribution in [-0.4, -0.2) is 58.9 Å². The maximum absolute atomic E-state index is 13.0. The van der Waals surface area contributed by atoms with Crippen molar-refractivity contribution in [2.24, 2.45) is 0 Å². The highest BCUT2D eigenvalue weighted by molar-refractivity contribution is 7.14. The Bertz CT molecular complexity index is 1380. The van der Waals surface area contributed by atoms with Gasteiger partial charge in [0.25, 0.3) is 5.91 Å². The fraction of sp³-hybridized carbons (Fsp3) is 0.250. The Hall–Kier alpha value is -3.30. The van der Waals surface area contributed by atoms with Gasteiger partial charge in [0.2, 0.25) is 0 Å². The van der Waals surface area contributed by atoms with Gasteiger partial charge in [-0.25, -0.2) is 4.98 Å². The largest absolute Gasteiger partial charge is 0.331 e. The third-order valence-electron chi connectivity index (χ3n) is 6.52. The van der Waals surface area contributed by atoms with Crippen molar-refractivity contribution in [1.29, 1.82) is 0 Å². The molecular weight excluding hydrogens is 504 g/mol. The summed E-state index contributed by atoms with van der Waals surface area (Å²) in [5, 5.41) is 9.79. The molecule has 1 fully saturated rings. The number of thiazole rings is 1. The van der Waals surface area contributed by atoms with E-state index in [1.54, 1.807) is 18.5 Å². The topological polar surface area (TPSA) is 73.4 Å². The maximum atomic E-state index is 13.0. The highest BCUT2D eigenvalue weighted by Crippen LogP contribution is 2.30. The lowest BCUT2D eigenvalue weighted by Crippen LogP contribution is -2.43. The maximum Gasteiger partial charge on any atom is 0.255 e. The van der Waals surface area contributed by atoms with E-state index in [2.05, 4.69) is 32.5 Å². The zero-order chi connectivity index (χ0) is 25.8. The summed E-state index contributed by atoms with van der Waals surface area (Å²) in [6.07, 6.45) is 3.51. The number of nitrogens with zero attached hydrogens (tertiary/aromatic N) is 4. The van der Waals surface area contributed by atoms with Gasteiger partial charge in [0, 0.05) is 78.0 Å². The molecule has 0 unspecified atom stereocenters. The number of anilines is 3. The number of rotatable bonds is 7. The van der Waals surface area contributed by atoms with E-state index in [1.807, 2.05) is 54.8 Å². The molecule has 2 aromatic carbocycles. The molecule has 5 rings (SSSR count). The van der Waals surface area contributed by atoms with Gasteiger partial charge in [-0.3, -0.25) is 14.7 Å². The van der Waals surface area contributed by atoms with Crippen LogP contribution < -0.4 is 10.6 Å². The van der Waals surface area contributed by atoms with Crippen LogP contribution in [0.25, 0.3) is 11.3 Å². The number of hydrogen-bond donors (Lipinski definition) is 2. The van der Waals surface area contributed by atoms with Crippen LogP contribution in [0.1, 0.15) is 21.5 Å². The number of pyridine rings is 1. The second kappa shape index (κ2) is 11.4. The first-order chi connectivity index (χ1) is 17.9. The molecule has 0 atom stereocenters. The number of carbonyl (C=O) groups is 1. The summed E-state index contributed by atoms with van der Waals surface area (Å²) in [6, 6.07) is 15.2. The summed E-state index contributed by atoms with van der Waals surface area (Å²) in [7, 11) is 2.14. The minimum absolute atomic E-state index is 0.197. The van der Waals surface area contributed by atoms with E-state index >= 15 is 0 Å². The lowest BCUT2D eigenvalue weighted by Gasteiger charge is -2.32. The smallest absolute Gasteiger partial charge is 0.255 e. The second-order valence-electron chi connectivity index (χ2n) is 9.27. The third-order valence-corrected chi connectivity index (χ3v) is 7.63. The average Bonchev–Trinajstić information content (AvgIpc) is 3.37. The molecular formula is C28H29ClN6OS. The average molecular weight is 533 g/mol. The van der Waals surface area contributed by atoms with Gasteiger partial charge in [-0.15, -0.1) is 11.3 Å². The quantitative estimate of drug-likeness (QED) is 0.308. The Morgan fingerprint density at radius 2 is 1.84 bits per heavy atom. The van der Waals surface area contributed by atoms with Crippen molar-refractivity contribution in [3.8, 4) is 11.3 Å². The highest BCUT2D eigenvalue weighted by Gasteiger charge is 2.16. The Kier molecular flexibility index (Phi) is 7.81. The molecule has 1 aliphatic rings. The van der Waals surface area contributed by atoms with Crippen LogP contribution in [0, 0.1) is 6.92 Å². The van der Waals surface area contributed by atoms with Crippen LogP contribution in [-0.2, 0) is 6.54 Å². The van der Waals surface area contributed by atoms with Crippen molar-refractivity contribution in [3.05, 3.63) is 88.0 Å². The summed E-state index contributed by atoms with van der Waals surface area (Å²) in [5.74, 6) is -0.197. The number of hydrogen-bond acceptors (Lipinski definition) is 7. The minimum Gasteiger partial charge on any atom is -0.331 e. The molecule has 2 aromatic heterocycles. The first-order valence-electron chi connectivity index (χ1n) is 12.2. The van der Waals surface area contributed by atoms with E-state index in [1.165, 1.54) is 11.3 Å². The Morgan fingerprint density at radius 1 is 1.05 bits per heavy atom. The number of amides is 1. The molecule has 1 saturated heterocycles. The first-order valence-corrected chi connectivity index (χ1v) is 13.4. The van der Waals surface area contributed by atoms with Crippen LogP contribution in [0.5, 0.6) is 0 Å². The predicted octanol–water partition coefficient (Wildman–Crippen LogP) is 5.91. The fourth-order valence-corrected chi connectivity index (χ4v) is 5.18. The van der Waals surface area contributed by atoms with Crippen molar-refractivity contribution in [1.82, 2.24) is 19.8 Å². The molecule has 7 nitrogen and oxygen atoms in total. The molecule has 3 heterocycles. The molecule has 0 saturated carbocycles. The van der Waals surface area contributed by atoms with Crippen LogP contribution in [0.4, 0.5) is 16.5 Å². The van der Waals surface area contributed by atoms with E-state index in [9.17, 15) is 4.79 Å². The normalized spacial score (nSPS) is 14.5. The van der Waals surface area contributed by atoms with E-state index < -0.39 is 0 Å². The first kappa shape index (κ1) is 25.4. The van der Waals surface area contributed by atoms with Crippen molar-refractivity contribution >= 4 is 45.4 Å². The van der Waals surface area contributed by atoms with Gasteiger partial charge in [-0.1, -0.05) is 23.7 Å². The molecule has 0 radical (unpaired) electrons. The molecule has 1 amide bonds. The van der Waals surface area contributed by atoms with Gasteiger partial charge < -0.3 is 15.5 Å². The Balaban J connectivity index is 1.24. The Morgan fingerprint density at radius 3 is 2.59 bits per heavy atom. The van der Waals surface area contributed by atoms with Gasteiger partial charge in [0.1, 0.15) is 0 Å². The summed E-state index contributed by atoms with van der Waals surface area (Å²) >= 11 is 8.10. The van der Waals surface area contributed by atoms with Gasteiger partial charge >= 0.3 is 0 Å². The molecule has 190 valence electrons. The molecule has 2 N–H and O–H groups in total. The van der Waals surface area contributed by atoms with Crippen molar-refractivity contribution in [3.63, 3.8) is 0 Å². The molecule has 1 aliphatic heterocycles. The van der Waals surface area contributed by atoms with E-state index in [4.69, 9.17) is 16.6 Å². The van der Waals surface area contributed by atoms with E-state index in [-0.39, 0.29) is 5.91 Å². The lowest BCUT2D eigenvalue weighted by atomic mass is 10.1. The molecule has 0 spiro atoms. The number of piperazine rings is 1. The van der Waals surface area contributed by atoms with Gasteiger partial charge in [-0.05, 0) is 61.5 Å². The van der Waals surface area contributed by atoms with Crippen molar-refractivity contribution in [2.75, 3.05) is 43.9 Å². The lowest BCUT2D eigenvalue weighted by molar-refractivity contribution is 0.102. The predicted molar refractivity (Wildman–Crippen MR) is 152 cm³/mol. The van der Waals surface area contributed by atoms with Crippen LogP contribution >= 0.6 is 22.9 Å². The SMILES string of the molecule is Cc1ccc(NC(=O)c2ccc(CN3CCN(C)CC3)c(Cl)c2)cc1Nc1nc(-c2ccncc2)cs1. The summed E-state index contributed by atoms with van der Waals surface area (Å²) in [6.45, 7) is 6.96. The van der Waals surface area contributed by atoms with E-state index in [0.29, 0.717) is 16.3 Å². The molecule has 4 aromatic rings. The number of aromatic nitrogens is 2. The number of carbonyl (C=O) groups excluding carboxylic acids is 1. The van der Waals surface area contributed by atoms with Gasteiger partial charge in [0.15, 0.2) is 5.13 Å². The number of benzene rings is 2.